The van der Waals surface area contributed by atoms with Gasteiger partial charge in [-0.3, -0.25) is 4.79 Å². The first-order valence-electron chi connectivity index (χ1n) is 7.73. The molecule has 1 aliphatic rings. The molecule has 128 valence electrons. The predicted octanol–water partition coefficient (Wildman–Crippen LogP) is 3.46. The number of nitrogens with zero attached hydrogens (tertiary/aromatic N) is 1. The lowest BCUT2D eigenvalue weighted by molar-refractivity contribution is -0.156. The number of hydrogen-bond donors (Lipinski definition) is 0. The lowest BCUT2D eigenvalue weighted by atomic mass is 9.98. The molecule has 0 bridgehead atoms. The molecule has 1 aliphatic heterocycles. The Morgan fingerprint density at radius 1 is 1.09 bits per heavy atom. The topological polar surface area (TPSA) is 55.8 Å². The van der Waals surface area contributed by atoms with Crippen molar-refractivity contribution in [1.29, 1.82) is 0 Å². The van der Waals surface area contributed by atoms with Gasteiger partial charge < -0.3 is 14.4 Å². The van der Waals surface area contributed by atoms with Gasteiger partial charge in [-0.05, 0) is 54.4 Å². The third-order valence-corrected chi connectivity index (χ3v) is 3.10. The van der Waals surface area contributed by atoms with Gasteiger partial charge in [-0.2, -0.15) is 0 Å². The molecule has 1 fully saturated rings. The van der Waals surface area contributed by atoms with Crippen molar-refractivity contribution in [3.05, 3.63) is 0 Å². The molecule has 0 aliphatic carbocycles. The molecule has 0 radical (unpaired) electrons. The highest BCUT2D eigenvalue weighted by molar-refractivity contribution is 5.73. The minimum absolute atomic E-state index is 0.0169. The van der Waals surface area contributed by atoms with Crippen LogP contribution in [0.1, 0.15) is 60.8 Å². The first kappa shape index (κ1) is 18.7. The van der Waals surface area contributed by atoms with Gasteiger partial charge in [-0.15, -0.1) is 0 Å². The second-order valence-corrected chi connectivity index (χ2v) is 7.74. The van der Waals surface area contributed by atoms with Crippen molar-refractivity contribution in [2.45, 2.75) is 84.2 Å². The molecule has 1 unspecified atom stereocenters. The molecule has 0 aromatic carbocycles. The molecule has 0 spiro atoms. The van der Waals surface area contributed by atoms with Crippen LogP contribution in [0.5, 0.6) is 0 Å². The van der Waals surface area contributed by atoms with Crippen LogP contribution in [-0.4, -0.2) is 46.9 Å². The summed E-state index contributed by atoms with van der Waals surface area (Å²) >= 11 is 0. The molecule has 22 heavy (non-hydrogen) atoms. The van der Waals surface area contributed by atoms with E-state index in [1.54, 1.807) is 41.5 Å². The molecular formula is C16H28FNO4. The zero-order chi connectivity index (χ0) is 17.1. The monoisotopic (exact) mass is 317 g/mol. The van der Waals surface area contributed by atoms with Gasteiger partial charge in [-0.1, -0.05) is 0 Å². The number of amides is 1. The second-order valence-electron chi connectivity index (χ2n) is 7.74. The Morgan fingerprint density at radius 3 is 2.14 bits per heavy atom. The number of carbonyl (C=O) groups excluding carboxylic acids is 2. The quantitative estimate of drug-likeness (QED) is 0.732. The number of alkyl halides is 1. The van der Waals surface area contributed by atoms with Gasteiger partial charge in [0.1, 0.15) is 17.4 Å². The smallest absolute Gasteiger partial charge is 0.410 e. The first-order valence-corrected chi connectivity index (χ1v) is 7.73. The van der Waals surface area contributed by atoms with Crippen LogP contribution in [0.15, 0.2) is 0 Å². The summed E-state index contributed by atoms with van der Waals surface area (Å²) in [4.78, 5) is 25.6. The van der Waals surface area contributed by atoms with Crippen molar-refractivity contribution in [2.75, 3.05) is 6.54 Å². The average Bonchev–Trinajstić information content (AvgIpc) is 2.23. The molecule has 2 atom stereocenters. The molecule has 0 aromatic rings. The average molecular weight is 317 g/mol. The minimum atomic E-state index is -1.01. The number of carbonyl (C=O) groups is 2. The third-order valence-electron chi connectivity index (χ3n) is 3.10. The summed E-state index contributed by atoms with van der Waals surface area (Å²) in [5, 5.41) is 0. The van der Waals surface area contributed by atoms with E-state index in [1.807, 2.05) is 0 Å². The highest BCUT2D eigenvalue weighted by atomic mass is 19.1. The Kier molecular flexibility index (Phi) is 5.82. The second kappa shape index (κ2) is 6.84. The zero-order valence-electron chi connectivity index (χ0n) is 14.4. The van der Waals surface area contributed by atoms with Crippen molar-refractivity contribution in [3.8, 4) is 0 Å². The van der Waals surface area contributed by atoms with E-state index in [0.29, 0.717) is 0 Å². The van der Waals surface area contributed by atoms with Crippen LogP contribution in [0.2, 0.25) is 0 Å². The molecule has 0 N–H and O–H groups in total. The molecule has 1 saturated heterocycles. The summed E-state index contributed by atoms with van der Waals surface area (Å²) in [6, 6.07) is -0.520. The summed E-state index contributed by atoms with van der Waals surface area (Å²) in [7, 11) is 0. The molecule has 0 saturated carbocycles. The highest BCUT2D eigenvalue weighted by Crippen LogP contribution is 2.25. The maximum atomic E-state index is 13.7. The standard InChI is InChI=1S/C16H28FNO4/c1-15(2,3)21-13(19)10-12-9-11(17)7-8-18(12)14(20)22-16(4,5)6/h11-12H,7-10H2,1-6H3/t11?,12-/m1/s1. The van der Waals surface area contributed by atoms with Gasteiger partial charge in [0.15, 0.2) is 0 Å². The van der Waals surface area contributed by atoms with Crippen molar-refractivity contribution < 1.29 is 23.5 Å². The van der Waals surface area contributed by atoms with E-state index in [0.717, 1.165) is 0 Å². The maximum Gasteiger partial charge on any atom is 0.410 e. The summed E-state index contributed by atoms with van der Waals surface area (Å²) in [5.41, 5.74) is -1.22. The van der Waals surface area contributed by atoms with Crippen LogP contribution in [-0.2, 0) is 14.3 Å². The van der Waals surface area contributed by atoms with Gasteiger partial charge in [-0.25, -0.2) is 9.18 Å². The first-order chi connectivity index (χ1) is 9.87. The molecule has 1 heterocycles. The predicted molar refractivity (Wildman–Crippen MR) is 81.3 cm³/mol. The highest BCUT2D eigenvalue weighted by Gasteiger charge is 2.36. The van der Waals surface area contributed by atoms with Crippen LogP contribution in [0.3, 0.4) is 0 Å². The summed E-state index contributed by atoms with van der Waals surface area (Å²) in [6.45, 7) is 10.9. The van der Waals surface area contributed by atoms with Crippen molar-refractivity contribution in [2.24, 2.45) is 0 Å². The lowest BCUT2D eigenvalue weighted by Gasteiger charge is -2.37. The van der Waals surface area contributed by atoms with Gasteiger partial charge in [0.25, 0.3) is 0 Å². The third kappa shape index (κ3) is 6.62. The molecule has 6 heteroatoms. The number of ether oxygens (including phenoxy) is 2. The van der Waals surface area contributed by atoms with Gasteiger partial charge in [0.05, 0.1) is 6.42 Å². The fraction of sp³-hybridized carbons (Fsp3) is 0.875. The number of likely N-dealkylation sites (tertiary alicyclic amines) is 1. The van der Waals surface area contributed by atoms with E-state index in [4.69, 9.17) is 9.47 Å². The number of rotatable bonds is 2. The van der Waals surface area contributed by atoms with Gasteiger partial charge >= 0.3 is 12.1 Å². The zero-order valence-corrected chi connectivity index (χ0v) is 14.4. The Labute approximate surface area is 132 Å². The van der Waals surface area contributed by atoms with Crippen LogP contribution >= 0.6 is 0 Å². The van der Waals surface area contributed by atoms with Crippen molar-refractivity contribution in [1.82, 2.24) is 4.90 Å². The normalized spacial score (nSPS) is 23.1. The van der Waals surface area contributed by atoms with E-state index < -0.39 is 35.5 Å². The largest absolute Gasteiger partial charge is 0.460 e. The van der Waals surface area contributed by atoms with Gasteiger partial charge in [0.2, 0.25) is 0 Å². The Morgan fingerprint density at radius 2 is 1.64 bits per heavy atom. The molecule has 1 rings (SSSR count). The molecule has 1 amide bonds. The van der Waals surface area contributed by atoms with Crippen LogP contribution in [0.25, 0.3) is 0 Å². The van der Waals surface area contributed by atoms with E-state index in [-0.39, 0.29) is 25.8 Å². The summed E-state index contributed by atoms with van der Waals surface area (Å²) in [6.07, 6.45) is -1.13. The van der Waals surface area contributed by atoms with Gasteiger partial charge in [0, 0.05) is 12.6 Å². The molecular weight excluding hydrogens is 289 g/mol. The Balaban J connectivity index is 2.73. The van der Waals surface area contributed by atoms with Crippen molar-refractivity contribution >= 4 is 12.1 Å². The van der Waals surface area contributed by atoms with E-state index >= 15 is 0 Å². The fourth-order valence-electron chi connectivity index (χ4n) is 2.33. The fourth-order valence-corrected chi connectivity index (χ4v) is 2.33. The summed E-state index contributed by atoms with van der Waals surface area (Å²) in [5.74, 6) is -0.430. The van der Waals surface area contributed by atoms with E-state index in [9.17, 15) is 14.0 Å². The van der Waals surface area contributed by atoms with Crippen LogP contribution < -0.4 is 0 Å². The number of halogens is 1. The number of hydrogen-bond acceptors (Lipinski definition) is 4. The SMILES string of the molecule is CC(C)(C)OC(=O)C[C@H]1CC(F)CCN1C(=O)OC(C)(C)C. The number of piperidine rings is 1. The lowest BCUT2D eigenvalue weighted by Crippen LogP contribution is -2.49. The Bertz CT molecular complexity index is 411. The van der Waals surface area contributed by atoms with Crippen LogP contribution in [0, 0.1) is 0 Å². The van der Waals surface area contributed by atoms with E-state index in [2.05, 4.69) is 0 Å². The Hall–Kier alpha value is -1.33. The number of esters is 1. The van der Waals surface area contributed by atoms with Crippen LogP contribution in [0.4, 0.5) is 9.18 Å². The van der Waals surface area contributed by atoms with E-state index in [1.165, 1.54) is 4.90 Å². The van der Waals surface area contributed by atoms with Crippen molar-refractivity contribution in [3.63, 3.8) is 0 Å². The molecule has 0 aromatic heterocycles. The maximum absolute atomic E-state index is 13.7. The molecule has 5 nitrogen and oxygen atoms in total. The minimum Gasteiger partial charge on any atom is -0.460 e. The summed E-state index contributed by atoms with van der Waals surface area (Å²) < 4.78 is 24.3.